The van der Waals surface area contributed by atoms with E-state index in [0.29, 0.717) is 12.8 Å². The van der Waals surface area contributed by atoms with Gasteiger partial charge in [-0.15, -0.1) is 0 Å². The smallest absolute Gasteiger partial charge is 0.224 e. The standard InChI is InChI=1S/C21H24N2O2/c1-4-15-18-11-13(22-20(24)5-2)7-9-16(18)17-10-8-14(12-19(15)17)23-21(25)6-3/h7-12,15H,4-6H2,1-3H3,(H,22,24)(H,23,25). The van der Waals surface area contributed by atoms with Gasteiger partial charge in [0.25, 0.3) is 0 Å². The van der Waals surface area contributed by atoms with Crippen molar-refractivity contribution >= 4 is 23.2 Å². The molecule has 0 saturated heterocycles. The van der Waals surface area contributed by atoms with Gasteiger partial charge in [-0.05, 0) is 52.9 Å². The van der Waals surface area contributed by atoms with Crippen LogP contribution in [-0.4, -0.2) is 11.8 Å². The molecule has 0 heterocycles. The van der Waals surface area contributed by atoms with Crippen LogP contribution in [0, 0.1) is 0 Å². The van der Waals surface area contributed by atoms with Crippen LogP contribution >= 0.6 is 0 Å². The van der Waals surface area contributed by atoms with E-state index in [4.69, 9.17) is 0 Å². The second-order valence-electron chi connectivity index (χ2n) is 6.37. The van der Waals surface area contributed by atoms with Crippen LogP contribution in [0.15, 0.2) is 36.4 Å². The Hall–Kier alpha value is -2.62. The molecule has 2 amide bonds. The highest BCUT2D eigenvalue weighted by Crippen LogP contribution is 2.48. The van der Waals surface area contributed by atoms with Crippen LogP contribution in [0.4, 0.5) is 11.4 Å². The molecule has 4 heteroatoms. The molecule has 0 radical (unpaired) electrons. The Morgan fingerprint density at radius 1 is 0.800 bits per heavy atom. The minimum Gasteiger partial charge on any atom is -0.326 e. The fraction of sp³-hybridized carbons (Fsp3) is 0.333. The summed E-state index contributed by atoms with van der Waals surface area (Å²) < 4.78 is 0. The first-order valence-corrected chi connectivity index (χ1v) is 8.95. The molecule has 0 bridgehead atoms. The topological polar surface area (TPSA) is 58.2 Å². The number of fused-ring (bicyclic) bond motifs is 3. The van der Waals surface area contributed by atoms with Gasteiger partial charge in [-0.1, -0.05) is 32.9 Å². The summed E-state index contributed by atoms with van der Waals surface area (Å²) in [4.78, 5) is 23.4. The largest absolute Gasteiger partial charge is 0.326 e. The molecule has 2 aromatic rings. The van der Waals surface area contributed by atoms with Crippen molar-refractivity contribution in [2.45, 2.75) is 46.0 Å². The van der Waals surface area contributed by atoms with Gasteiger partial charge in [-0.2, -0.15) is 0 Å². The normalized spacial score (nSPS) is 12.4. The number of nitrogens with one attached hydrogen (secondary N) is 2. The van der Waals surface area contributed by atoms with E-state index in [-0.39, 0.29) is 17.7 Å². The maximum absolute atomic E-state index is 11.7. The number of hydrogen-bond acceptors (Lipinski definition) is 2. The molecule has 0 unspecified atom stereocenters. The summed E-state index contributed by atoms with van der Waals surface area (Å²) in [6.45, 7) is 5.86. The summed E-state index contributed by atoms with van der Waals surface area (Å²) in [6.07, 6.45) is 1.90. The molecule has 0 aliphatic heterocycles. The van der Waals surface area contributed by atoms with E-state index in [1.54, 1.807) is 0 Å². The lowest BCUT2D eigenvalue weighted by atomic mass is 9.94. The summed E-state index contributed by atoms with van der Waals surface area (Å²) >= 11 is 0. The number of hydrogen-bond donors (Lipinski definition) is 2. The third-order valence-electron chi connectivity index (χ3n) is 4.76. The minimum atomic E-state index is 0.0214. The Kier molecular flexibility index (Phi) is 4.88. The fourth-order valence-corrected chi connectivity index (χ4v) is 3.45. The maximum Gasteiger partial charge on any atom is 0.224 e. The first-order valence-electron chi connectivity index (χ1n) is 8.95. The molecule has 0 fully saturated rings. The van der Waals surface area contributed by atoms with E-state index in [9.17, 15) is 9.59 Å². The average Bonchev–Trinajstić information content (AvgIpc) is 2.93. The van der Waals surface area contributed by atoms with Gasteiger partial charge in [0.05, 0.1) is 0 Å². The molecule has 2 N–H and O–H groups in total. The second kappa shape index (κ2) is 7.09. The van der Waals surface area contributed by atoms with E-state index in [0.717, 1.165) is 17.8 Å². The van der Waals surface area contributed by atoms with Crippen LogP contribution in [0.1, 0.15) is 57.1 Å². The van der Waals surface area contributed by atoms with Crippen LogP contribution in [0.5, 0.6) is 0 Å². The highest BCUT2D eigenvalue weighted by atomic mass is 16.2. The molecule has 0 saturated carbocycles. The van der Waals surface area contributed by atoms with Crippen LogP contribution in [-0.2, 0) is 9.59 Å². The summed E-state index contributed by atoms with van der Waals surface area (Å²) in [7, 11) is 0. The van der Waals surface area contributed by atoms with Gasteiger partial charge in [-0.3, -0.25) is 9.59 Å². The van der Waals surface area contributed by atoms with Crippen molar-refractivity contribution in [3.8, 4) is 11.1 Å². The fourth-order valence-electron chi connectivity index (χ4n) is 3.45. The van der Waals surface area contributed by atoms with E-state index in [2.05, 4.69) is 41.8 Å². The zero-order valence-electron chi connectivity index (χ0n) is 15.0. The maximum atomic E-state index is 11.7. The number of carbonyl (C=O) groups is 2. The molecule has 1 aliphatic carbocycles. The highest BCUT2D eigenvalue weighted by molar-refractivity contribution is 5.93. The van der Waals surface area contributed by atoms with Gasteiger partial charge in [0, 0.05) is 30.1 Å². The van der Waals surface area contributed by atoms with Gasteiger partial charge < -0.3 is 10.6 Å². The third-order valence-corrected chi connectivity index (χ3v) is 4.76. The first-order chi connectivity index (χ1) is 12.1. The monoisotopic (exact) mass is 336 g/mol. The lowest BCUT2D eigenvalue weighted by Gasteiger charge is -2.13. The van der Waals surface area contributed by atoms with Gasteiger partial charge in [0.15, 0.2) is 0 Å². The quantitative estimate of drug-likeness (QED) is 0.815. The Bertz CT molecular complexity index is 759. The van der Waals surface area contributed by atoms with E-state index < -0.39 is 0 Å². The van der Waals surface area contributed by atoms with E-state index >= 15 is 0 Å². The predicted octanol–water partition coefficient (Wildman–Crippen LogP) is 4.91. The molecular weight excluding hydrogens is 312 g/mol. The van der Waals surface area contributed by atoms with Gasteiger partial charge in [0.1, 0.15) is 0 Å². The van der Waals surface area contributed by atoms with E-state index in [1.807, 2.05) is 26.0 Å². The molecule has 4 nitrogen and oxygen atoms in total. The van der Waals surface area contributed by atoms with E-state index in [1.165, 1.54) is 22.3 Å². The highest BCUT2D eigenvalue weighted by Gasteiger charge is 2.28. The third kappa shape index (κ3) is 3.29. The summed E-state index contributed by atoms with van der Waals surface area (Å²) in [5.41, 5.74) is 6.60. The predicted molar refractivity (Wildman–Crippen MR) is 102 cm³/mol. The second-order valence-corrected chi connectivity index (χ2v) is 6.37. The lowest BCUT2D eigenvalue weighted by Crippen LogP contribution is -2.10. The summed E-state index contributed by atoms with van der Waals surface area (Å²) in [6, 6.07) is 12.3. The van der Waals surface area contributed by atoms with Crippen LogP contribution in [0.3, 0.4) is 0 Å². The van der Waals surface area contributed by atoms with Crippen LogP contribution in [0.25, 0.3) is 11.1 Å². The molecule has 130 valence electrons. The molecular formula is C21H24N2O2. The van der Waals surface area contributed by atoms with Gasteiger partial charge >= 0.3 is 0 Å². The van der Waals surface area contributed by atoms with Crippen molar-refractivity contribution in [1.82, 2.24) is 0 Å². The molecule has 0 atom stereocenters. The number of carbonyl (C=O) groups excluding carboxylic acids is 2. The lowest BCUT2D eigenvalue weighted by molar-refractivity contribution is -0.116. The molecule has 0 aromatic heterocycles. The SMILES string of the molecule is CCC(=O)Nc1ccc2c(c1)C(CC)c1cc(NC(=O)CC)ccc1-2. The minimum absolute atomic E-state index is 0.0214. The number of rotatable bonds is 5. The van der Waals surface area contributed by atoms with Gasteiger partial charge in [0.2, 0.25) is 11.8 Å². The number of anilines is 2. The molecule has 2 aromatic carbocycles. The van der Waals surface area contributed by atoms with Crippen molar-refractivity contribution in [1.29, 1.82) is 0 Å². The van der Waals surface area contributed by atoms with Gasteiger partial charge in [-0.25, -0.2) is 0 Å². The van der Waals surface area contributed by atoms with Crippen molar-refractivity contribution in [3.05, 3.63) is 47.5 Å². The number of benzene rings is 2. The van der Waals surface area contributed by atoms with Crippen LogP contribution in [0.2, 0.25) is 0 Å². The van der Waals surface area contributed by atoms with Crippen molar-refractivity contribution in [3.63, 3.8) is 0 Å². The summed E-state index contributed by atoms with van der Waals surface area (Å²) in [5, 5.41) is 5.88. The van der Waals surface area contributed by atoms with Crippen LogP contribution < -0.4 is 10.6 Å². The van der Waals surface area contributed by atoms with Crippen molar-refractivity contribution in [2.75, 3.05) is 10.6 Å². The molecule has 3 rings (SSSR count). The molecule has 0 spiro atoms. The molecule has 1 aliphatic rings. The average molecular weight is 336 g/mol. The Labute approximate surface area is 148 Å². The molecule has 25 heavy (non-hydrogen) atoms. The zero-order chi connectivity index (χ0) is 18.0. The van der Waals surface area contributed by atoms with Crippen molar-refractivity contribution < 1.29 is 9.59 Å². The Balaban J connectivity index is 1.97. The Morgan fingerprint density at radius 3 is 1.60 bits per heavy atom. The number of amides is 2. The summed E-state index contributed by atoms with van der Waals surface area (Å²) in [5.74, 6) is 0.322. The van der Waals surface area contributed by atoms with Crippen molar-refractivity contribution in [2.24, 2.45) is 0 Å². The zero-order valence-corrected chi connectivity index (χ0v) is 15.0. The first kappa shape index (κ1) is 17.2. The Morgan fingerprint density at radius 2 is 1.24 bits per heavy atom.